The maximum Gasteiger partial charge on any atom is 0.236 e. The standard InChI is InChI=1S/C17H19ClN2O4S2/c1-25(21,22)20-8-7-14-5-6-17(10-15(14)11-20)19-26(23,24)12-13-3-2-4-16(18)9-13/h2-6,9-10,19H,7-8,11-12H2,1H3. The molecule has 140 valence electrons. The van der Waals surface area contributed by atoms with Crippen LogP contribution >= 0.6 is 11.6 Å². The number of fused-ring (bicyclic) bond motifs is 1. The average molecular weight is 415 g/mol. The molecular formula is C17H19ClN2O4S2. The van der Waals surface area contributed by atoms with E-state index >= 15 is 0 Å². The first-order valence-electron chi connectivity index (χ1n) is 7.94. The van der Waals surface area contributed by atoms with Gasteiger partial charge in [0.1, 0.15) is 0 Å². The highest BCUT2D eigenvalue weighted by molar-refractivity contribution is 7.91. The molecule has 3 rings (SSSR count). The molecule has 0 bridgehead atoms. The van der Waals surface area contributed by atoms with Crippen LogP contribution in [0.3, 0.4) is 0 Å². The number of benzene rings is 2. The molecule has 1 heterocycles. The van der Waals surface area contributed by atoms with E-state index in [0.717, 1.165) is 11.1 Å². The van der Waals surface area contributed by atoms with E-state index in [9.17, 15) is 16.8 Å². The van der Waals surface area contributed by atoms with Crippen molar-refractivity contribution in [2.45, 2.75) is 18.7 Å². The Kier molecular flexibility index (Phi) is 5.30. The van der Waals surface area contributed by atoms with Gasteiger partial charge in [0.2, 0.25) is 20.0 Å². The molecule has 0 radical (unpaired) electrons. The SMILES string of the molecule is CS(=O)(=O)N1CCc2ccc(NS(=O)(=O)Cc3cccc(Cl)c3)cc2C1. The summed E-state index contributed by atoms with van der Waals surface area (Å²) in [6.45, 7) is 0.684. The van der Waals surface area contributed by atoms with Crippen LogP contribution in [0, 0.1) is 0 Å². The van der Waals surface area contributed by atoms with Gasteiger partial charge in [0, 0.05) is 23.8 Å². The molecule has 0 aliphatic carbocycles. The number of rotatable bonds is 5. The Labute approximate surface area is 158 Å². The molecule has 1 N–H and O–H groups in total. The van der Waals surface area contributed by atoms with E-state index in [1.165, 1.54) is 10.6 Å². The van der Waals surface area contributed by atoms with Crippen LogP contribution in [0.1, 0.15) is 16.7 Å². The van der Waals surface area contributed by atoms with Crippen molar-refractivity contribution >= 4 is 37.3 Å². The summed E-state index contributed by atoms with van der Waals surface area (Å²) in [6, 6.07) is 11.9. The molecule has 0 atom stereocenters. The van der Waals surface area contributed by atoms with Gasteiger partial charge in [-0.2, -0.15) is 4.31 Å². The van der Waals surface area contributed by atoms with Gasteiger partial charge in [-0.05, 0) is 47.4 Å². The van der Waals surface area contributed by atoms with Crippen LogP contribution in [0.4, 0.5) is 5.69 Å². The fourth-order valence-corrected chi connectivity index (χ4v) is 5.13. The zero-order chi connectivity index (χ0) is 18.9. The van der Waals surface area contributed by atoms with Crippen molar-refractivity contribution in [3.05, 3.63) is 64.2 Å². The summed E-state index contributed by atoms with van der Waals surface area (Å²) in [5.74, 6) is -0.194. The number of hydrogen-bond donors (Lipinski definition) is 1. The van der Waals surface area contributed by atoms with E-state index in [-0.39, 0.29) is 12.3 Å². The summed E-state index contributed by atoms with van der Waals surface area (Å²) in [5, 5.41) is 0.479. The monoisotopic (exact) mass is 414 g/mol. The lowest BCUT2D eigenvalue weighted by molar-refractivity contribution is 0.395. The first kappa shape index (κ1) is 19.2. The molecular weight excluding hydrogens is 396 g/mol. The molecule has 0 fully saturated rings. The highest BCUT2D eigenvalue weighted by atomic mass is 35.5. The number of halogens is 1. The molecule has 0 saturated heterocycles. The topological polar surface area (TPSA) is 83.6 Å². The van der Waals surface area contributed by atoms with Crippen molar-refractivity contribution in [2.24, 2.45) is 0 Å². The molecule has 1 aliphatic heterocycles. The predicted octanol–water partition coefficient (Wildman–Crippen LogP) is 2.60. The Morgan fingerprint density at radius 1 is 1.08 bits per heavy atom. The number of hydrogen-bond acceptors (Lipinski definition) is 4. The third-order valence-electron chi connectivity index (χ3n) is 4.17. The van der Waals surface area contributed by atoms with Gasteiger partial charge in [-0.3, -0.25) is 4.72 Å². The molecule has 0 saturated carbocycles. The minimum atomic E-state index is -3.61. The summed E-state index contributed by atoms with van der Waals surface area (Å²) in [6.07, 6.45) is 1.79. The highest BCUT2D eigenvalue weighted by Gasteiger charge is 2.23. The van der Waals surface area contributed by atoms with E-state index in [2.05, 4.69) is 4.72 Å². The second kappa shape index (κ2) is 7.19. The number of anilines is 1. The lowest BCUT2D eigenvalue weighted by Gasteiger charge is -2.27. The van der Waals surface area contributed by atoms with Crippen molar-refractivity contribution < 1.29 is 16.8 Å². The molecule has 1 aliphatic rings. The fraction of sp³-hybridized carbons (Fsp3) is 0.294. The van der Waals surface area contributed by atoms with Gasteiger partial charge in [-0.15, -0.1) is 0 Å². The minimum absolute atomic E-state index is 0.194. The van der Waals surface area contributed by atoms with Crippen LogP contribution in [0.5, 0.6) is 0 Å². The van der Waals surface area contributed by atoms with Crippen molar-refractivity contribution in [3.63, 3.8) is 0 Å². The van der Waals surface area contributed by atoms with Gasteiger partial charge >= 0.3 is 0 Å². The summed E-state index contributed by atoms with van der Waals surface area (Å²) >= 11 is 5.89. The number of nitrogens with zero attached hydrogens (tertiary/aromatic N) is 1. The summed E-state index contributed by atoms with van der Waals surface area (Å²) in [5.41, 5.74) is 2.85. The first-order chi connectivity index (χ1) is 12.1. The van der Waals surface area contributed by atoms with E-state index < -0.39 is 20.0 Å². The molecule has 2 aromatic carbocycles. The lowest BCUT2D eigenvalue weighted by atomic mass is 10.0. The van der Waals surface area contributed by atoms with Gasteiger partial charge < -0.3 is 0 Å². The summed E-state index contributed by atoms with van der Waals surface area (Å²) in [7, 11) is -6.89. The smallest absolute Gasteiger partial charge is 0.236 e. The van der Waals surface area contributed by atoms with E-state index in [4.69, 9.17) is 11.6 Å². The second-order valence-electron chi connectivity index (χ2n) is 6.32. The molecule has 0 aromatic heterocycles. The summed E-state index contributed by atoms with van der Waals surface area (Å²) in [4.78, 5) is 0. The Bertz CT molecular complexity index is 1040. The van der Waals surface area contributed by atoms with Crippen LogP contribution in [-0.2, 0) is 38.8 Å². The van der Waals surface area contributed by atoms with Gasteiger partial charge in [0.05, 0.1) is 12.0 Å². The highest BCUT2D eigenvalue weighted by Crippen LogP contribution is 2.25. The van der Waals surface area contributed by atoms with Crippen LogP contribution < -0.4 is 4.72 Å². The van der Waals surface area contributed by atoms with Crippen LogP contribution in [0.15, 0.2) is 42.5 Å². The maximum absolute atomic E-state index is 12.4. The Morgan fingerprint density at radius 2 is 1.85 bits per heavy atom. The number of sulfonamides is 2. The van der Waals surface area contributed by atoms with Crippen molar-refractivity contribution in [1.82, 2.24) is 4.31 Å². The second-order valence-corrected chi connectivity index (χ2v) is 10.5. The average Bonchev–Trinajstić information content (AvgIpc) is 2.52. The van der Waals surface area contributed by atoms with Crippen molar-refractivity contribution in [1.29, 1.82) is 0 Å². The van der Waals surface area contributed by atoms with Crippen LogP contribution in [-0.4, -0.2) is 33.9 Å². The molecule has 0 spiro atoms. The van der Waals surface area contributed by atoms with E-state index in [1.807, 2.05) is 6.07 Å². The number of nitrogens with one attached hydrogen (secondary N) is 1. The maximum atomic E-state index is 12.4. The van der Waals surface area contributed by atoms with Crippen LogP contribution in [0.2, 0.25) is 5.02 Å². The van der Waals surface area contributed by atoms with Crippen LogP contribution in [0.25, 0.3) is 0 Å². The van der Waals surface area contributed by atoms with E-state index in [0.29, 0.717) is 29.2 Å². The van der Waals surface area contributed by atoms with Gasteiger partial charge in [-0.25, -0.2) is 16.8 Å². The third-order valence-corrected chi connectivity index (χ3v) is 6.92. The van der Waals surface area contributed by atoms with Gasteiger partial charge in [0.25, 0.3) is 0 Å². The molecule has 2 aromatic rings. The molecule has 0 amide bonds. The zero-order valence-corrected chi connectivity index (χ0v) is 16.5. The summed E-state index contributed by atoms with van der Waals surface area (Å²) < 4.78 is 52.3. The van der Waals surface area contributed by atoms with Gasteiger partial charge in [-0.1, -0.05) is 29.8 Å². The Hall–Kier alpha value is -1.61. The molecule has 0 unspecified atom stereocenters. The van der Waals surface area contributed by atoms with Gasteiger partial charge in [0.15, 0.2) is 0 Å². The minimum Gasteiger partial charge on any atom is -0.283 e. The fourth-order valence-electron chi connectivity index (χ4n) is 2.94. The Balaban J connectivity index is 1.78. The quantitative estimate of drug-likeness (QED) is 0.815. The van der Waals surface area contributed by atoms with Crippen molar-refractivity contribution in [3.8, 4) is 0 Å². The first-order valence-corrected chi connectivity index (χ1v) is 11.8. The molecule has 9 heteroatoms. The third kappa shape index (κ3) is 4.76. The normalized spacial score (nSPS) is 15.5. The van der Waals surface area contributed by atoms with Crippen molar-refractivity contribution in [2.75, 3.05) is 17.5 Å². The predicted molar refractivity (Wildman–Crippen MR) is 103 cm³/mol. The van der Waals surface area contributed by atoms with E-state index in [1.54, 1.807) is 36.4 Å². The Morgan fingerprint density at radius 3 is 2.54 bits per heavy atom. The zero-order valence-electron chi connectivity index (χ0n) is 14.1. The largest absolute Gasteiger partial charge is 0.283 e. The molecule has 6 nitrogen and oxygen atoms in total. The lowest BCUT2D eigenvalue weighted by Crippen LogP contribution is -2.35. The molecule has 26 heavy (non-hydrogen) atoms.